The van der Waals surface area contributed by atoms with Gasteiger partial charge in [-0.05, 0) is 20.0 Å². The van der Waals surface area contributed by atoms with Crippen molar-refractivity contribution in [1.82, 2.24) is 13.9 Å². The Morgan fingerprint density at radius 3 is 2.35 bits per heavy atom. The summed E-state index contributed by atoms with van der Waals surface area (Å²) in [7, 11) is -2.19. The molecule has 17 heavy (non-hydrogen) atoms. The van der Waals surface area contributed by atoms with E-state index in [1.54, 1.807) is 7.05 Å². The van der Waals surface area contributed by atoms with Gasteiger partial charge in [0.1, 0.15) is 6.54 Å². The van der Waals surface area contributed by atoms with Crippen molar-refractivity contribution < 1.29 is 21.6 Å². The predicted octanol–water partition coefficient (Wildman–Crippen LogP) is 0.0206. The zero-order valence-electron chi connectivity index (χ0n) is 9.50. The van der Waals surface area contributed by atoms with Gasteiger partial charge in [-0.3, -0.25) is 0 Å². The highest BCUT2D eigenvalue weighted by Gasteiger charge is 2.42. The lowest BCUT2D eigenvalue weighted by atomic mass is 10.4. The third-order valence-corrected chi connectivity index (χ3v) is 4.42. The largest absolute Gasteiger partial charge is 0.402 e. The number of hydrogen-bond acceptors (Lipinski definition) is 3. The van der Waals surface area contributed by atoms with E-state index in [2.05, 4.69) is 5.32 Å². The number of nitrogens with zero attached hydrogens (tertiary/aromatic N) is 2. The fourth-order valence-electron chi connectivity index (χ4n) is 1.64. The lowest BCUT2D eigenvalue weighted by Gasteiger charge is -2.19. The molecular weight excluding hydrogens is 259 g/mol. The Kier molecular flexibility index (Phi) is 4.76. The molecule has 5 nitrogen and oxygen atoms in total. The van der Waals surface area contributed by atoms with Crippen LogP contribution < -0.4 is 5.32 Å². The summed E-state index contributed by atoms with van der Waals surface area (Å²) >= 11 is 0. The standard InChI is InChI=1S/C8H16F3N3O2S/c1-12-3-2-4-13-5-6-14(17(13,15)16)7-8(9,10)11/h12H,2-7H2,1H3. The topological polar surface area (TPSA) is 52.6 Å². The zero-order chi connectivity index (χ0) is 13.1. The molecule has 0 unspecified atom stereocenters. The molecule has 102 valence electrons. The zero-order valence-corrected chi connectivity index (χ0v) is 10.3. The molecule has 0 aromatic carbocycles. The molecule has 0 radical (unpaired) electrons. The Morgan fingerprint density at radius 2 is 1.82 bits per heavy atom. The van der Waals surface area contributed by atoms with E-state index in [4.69, 9.17) is 0 Å². The van der Waals surface area contributed by atoms with Gasteiger partial charge in [0, 0.05) is 19.6 Å². The van der Waals surface area contributed by atoms with E-state index >= 15 is 0 Å². The number of hydrogen-bond donors (Lipinski definition) is 1. The van der Waals surface area contributed by atoms with E-state index < -0.39 is 22.9 Å². The van der Waals surface area contributed by atoms with Crippen LogP contribution in [0.15, 0.2) is 0 Å². The highest BCUT2D eigenvalue weighted by molar-refractivity contribution is 7.87. The minimum absolute atomic E-state index is 0.0958. The highest BCUT2D eigenvalue weighted by atomic mass is 32.2. The van der Waals surface area contributed by atoms with Crippen LogP contribution in [0.25, 0.3) is 0 Å². The van der Waals surface area contributed by atoms with Crippen LogP contribution in [0.3, 0.4) is 0 Å². The van der Waals surface area contributed by atoms with Gasteiger partial charge in [0.15, 0.2) is 0 Å². The van der Waals surface area contributed by atoms with E-state index in [0.29, 0.717) is 17.3 Å². The predicted molar refractivity (Wildman–Crippen MR) is 56.7 cm³/mol. The van der Waals surface area contributed by atoms with Crippen molar-refractivity contribution in [1.29, 1.82) is 0 Å². The van der Waals surface area contributed by atoms with Gasteiger partial charge in [0.25, 0.3) is 10.2 Å². The summed E-state index contributed by atoms with van der Waals surface area (Å²) in [5.41, 5.74) is 0. The third-order valence-electron chi connectivity index (χ3n) is 2.44. The number of nitrogens with one attached hydrogen (secondary N) is 1. The Morgan fingerprint density at radius 1 is 1.24 bits per heavy atom. The molecule has 0 spiro atoms. The lowest BCUT2D eigenvalue weighted by molar-refractivity contribution is -0.135. The summed E-state index contributed by atoms with van der Waals surface area (Å²) < 4.78 is 61.4. The van der Waals surface area contributed by atoms with E-state index in [1.807, 2.05) is 0 Å². The quantitative estimate of drug-likeness (QED) is 0.720. The summed E-state index contributed by atoms with van der Waals surface area (Å²) in [6.07, 6.45) is -3.91. The minimum Gasteiger partial charge on any atom is -0.320 e. The van der Waals surface area contributed by atoms with Gasteiger partial charge in [0.05, 0.1) is 0 Å². The Hall–Kier alpha value is -0.380. The molecule has 1 aliphatic rings. The first-order valence-electron chi connectivity index (χ1n) is 5.24. The van der Waals surface area contributed by atoms with Crippen LogP contribution in [0.5, 0.6) is 0 Å². The monoisotopic (exact) mass is 275 g/mol. The molecule has 1 saturated heterocycles. The second kappa shape index (κ2) is 5.51. The smallest absolute Gasteiger partial charge is 0.320 e. The molecule has 1 heterocycles. The molecule has 1 N–H and O–H groups in total. The van der Waals surface area contributed by atoms with Crippen LogP contribution in [0.1, 0.15) is 6.42 Å². The SMILES string of the molecule is CNCCCN1CCN(CC(F)(F)F)S1(=O)=O. The van der Waals surface area contributed by atoms with Gasteiger partial charge < -0.3 is 5.32 Å². The second-order valence-electron chi connectivity index (χ2n) is 3.81. The second-order valence-corrected chi connectivity index (χ2v) is 5.74. The molecule has 0 saturated carbocycles. The maximum atomic E-state index is 12.1. The van der Waals surface area contributed by atoms with Gasteiger partial charge in [-0.15, -0.1) is 0 Å². The van der Waals surface area contributed by atoms with E-state index in [0.717, 1.165) is 4.31 Å². The molecule has 0 atom stereocenters. The molecule has 0 bridgehead atoms. The summed E-state index contributed by atoms with van der Waals surface area (Å²) in [6, 6.07) is 0. The van der Waals surface area contributed by atoms with Crippen LogP contribution >= 0.6 is 0 Å². The summed E-state index contributed by atoms with van der Waals surface area (Å²) in [4.78, 5) is 0. The molecule has 0 aliphatic carbocycles. The van der Waals surface area contributed by atoms with Crippen molar-refractivity contribution in [2.24, 2.45) is 0 Å². The van der Waals surface area contributed by atoms with Crippen molar-refractivity contribution >= 4 is 10.2 Å². The average Bonchev–Trinajstić information content (AvgIpc) is 2.43. The Labute approximate surface area is 98.8 Å². The third kappa shape index (κ3) is 4.09. The summed E-state index contributed by atoms with van der Waals surface area (Å²) in [5.74, 6) is 0. The van der Waals surface area contributed by atoms with Gasteiger partial charge in [-0.2, -0.15) is 30.2 Å². The molecule has 1 fully saturated rings. The molecule has 0 aromatic rings. The first kappa shape index (κ1) is 14.7. The summed E-state index contributed by atoms with van der Waals surface area (Å²) in [6.45, 7) is -0.496. The van der Waals surface area contributed by atoms with Gasteiger partial charge in [-0.1, -0.05) is 0 Å². The maximum absolute atomic E-state index is 12.1. The Bertz CT molecular complexity index is 344. The first-order valence-corrected chi connectivity index (χ1v) is 6.63. The number of alkyl halides is 3. The van der Waals surface area contributed by atoms with Gasteiger partial charge in [0.2, 0.25) is 0 Å². The van der Waals surface area contributed by atoms with E-state index in [1.165, 1.54) is 0 Å². The molecular formula is C8H16F3N3O2S. The Balaban J connectivity index is 2.57. The number of halogens is 3. The molecule has 1 aliphatic heterocycles. The van der Waals surface area contributed by atoms with Crippen molar-refractivity contribution in [2.45, 2.75) is 12.6 Å². The van der Waals surface area contributed by atoms with Crippen molar-refractivity contribution in [3.63, 3.8) is 0 Å². The first-order chi connectivity index (χ1) is 7.77. The van der Waals surface area contributed by atoms with Crippen LogP contribution in [0.2, 0.25) is 0 Å². The van der Waals surface area contributed by atoms with Crippen LogP contribution in [0, 0.1) is 0 Å². The fourth-order valence-corrected chi connectivity index (χ4v) is 3.26. The van der Waals surface area contributed by atoms with Crippen LogP contribution in [0.4, 0.5) is 13.2 Å². The maximum Gasteiger partial charge on any atom is 0.402 e. The normalized spacial score (nSPS) is 22.1. The molecule has 0 aromatic heterocycles. The minimum atomic E-state index is -4.49. The van der Waals surface area contributed by atoms with Gasteiger partial charge >= 0.3 is 6.18 Å². The van der Waals surface area contributed by atoms with Crippen molar-refractivity contribution in [2.75, 3.05) is 39.8 Å². The van der Waals surface area contributed by atoms with Crippen molar-refractivity contribution in [3.8, 4) is 0 Å². The van der Waals surface area contributed by atoms with E-state index in [9.17, 15) is 21.6 Å². The highest BCUT2D eigenvalue weighted by Crippen LogP contribution is 2.23. The molecule has 1 rings (SSSR count). The average molecular weight is 275 g/mol. The van der Waals surface area contributed by atoms with Gasteiger partial charge in [-0.25, -0.2) is 0 Å². The van der Waals surface area contributed by atoms with E-state index in [-0.39, 0.29) is 19.6 Å². The van der Waals surface area contributed by atoms with Crippen molar-refractivity contribution in [3.05, 3.63) is 0 Å². The lowest BCUT2D eigenvalue weighted by Crippen LogP contribution is -2.39. The van der Waals surface area contributed by atoms with Crippen LogP contribution in [-0.2, 0) is 10.2 Å². The fraction of sp³-hybridized carbons (Fsp3) is 1.00. The number of rotatable bonds is 5. The summed E-state index contributed by atoms with van der Waals surface area (Å²) in [5, 5.41) is 2.85. The van der Waals surface area contributed by atoms with Crippen LogP contribution in [-0.4, -0.2) is 63.0 Å². The molecule has 0 amide bonds. The molecule has 9 heteroatoms.